The third kappa shape index (κ3) is 2.92. The highest BCUT2D eigenvalue weighted by molar-refractivity contribution is 6.31. The zero-order chi connectivity index (χ0) is 13.1. The Kier molecular flexibility index (Phi) is 4.04. The second kappa shape index (κ2) is 5.55. The van der Waals surface area contributed by atoms with Crippen LogP contribution in [0.3, 0.4) is 0 Å². The van der Waals surface area contributed by atoms with E-state index in [-0.39, 0.29) is 0 Å². The number of rotatable bonds is 4. The first-order valence-corrected chi connectivity index (χ1v) is 6.36. The van der Waals surface area contributed by atoms with E-state index in [1.807, 2.05) is 30.5 Å². The molecule has 3 nitrogen and oxygen atoms in total. The highest BCUT2D eigenvalue weighted by Gasteiger charge is 2.07. The van der Waals surface area contributed by atoms with Gasteiger partial charge in [0.05, 0.1) is 5.52 Å². The highest BCUT2D eigenvalue weighted by atomic mass is 35.5. The number of fused-ring (bicyclic) bond motifs is 1. The SMILES string of the molecule is CN(C)CCN(C)c1ccnc2ccc(Cl)cc12. The van der Waals surface area contributed by atoms with E-state index in [1.165, 1.54) is 5.69 Å². The monoisotopic (exact) mass is 263 g/mol. The Morgan fingerprint density at radius 2 is 1.89 bits per heavy atom. The van der Waals surface area contributed by atoms with Crippen LogP contribution in [0.4, 0.5) is 5.69 Å². The van der Waals surface area contributed by atoms with Gasteiger partial charge in [-0.25, -0.2) is 0 Å². The molecule has 18 heavy (non-hydrogen) atoms. The molecule has 1 aromatic carbocycles. The summed E-state index contributed by atoms with van der Waals surface area (Å²) >= 11 is 6.07. The van der Waals surface area contributed by atoms with Crippen LogP contribution in [0.15, 0.2) is 30.5 Å². The number of likely N-dealkylation sites (N-methyl/N-ethyl adjacent to an activating group) is 2. The van der Waals surface area contributed by atoms with E-state index in [4.69, 9.17) is 11.6 Å². The summed E-state index contributed by atoms with van der Waals surface area (Å²) in [6.07, 6.45) is 1.84. The van der Waals surface area contributed by atoms with Crippen molar-refractivity contribution < 1.29 is 0 Å². The van der Waals surface area contributed by atoms with Crippen LogP contribution in [0.1, 0.15) is 0 Å². The average molecular weight is 264 g/mol. The minimum absolute atomic E-state index is 0.748. The molecule has 0 N–H and O–H groups in total. The van der Waals surface area contributed by atoms with Gasteiger partial charge < -0.3 is 9.80 Å². The number of benzene rings is 1. The first kappa shape index (κ1) is 13.1. The number of hydrogen-bond acceptors (Lipinski definition) is 3. The summed E-state index contributed by atoms with van der Waals surface area (Å²) in [6.45, 7) is 1.99. The van der Waals surface area contributed by atoms with Gasteiger partial charge in [0.1, 0.15) is 0 Å². The quantitative estimate of drug-likeness (QED) is 0.846. The summed E-state index contributed by atoms with van der Waals surface area (Å²) < 4.78 is 0. The number of pyridine rings is 1. The van der Waals surface area contributed by atoms with E-state index >= 15 is 0 Å². The molecule has 0 saturated carbocycles. The van der Waals surface area contributed by atoms with Crippen LogP contribution in [0.5, 0.6) is 0 Å². The van der Waals surface area contributed by atoms with Crippen molar-refractivity contribution >= 4 is 28.2 Å². The predicted molar refractivity (Wildman–Crippen MR) is 78.6 cm³/mol. The highest BCUT2D eigenvalue weighted by Crippen LogP contribution is 2.26. The normalized spacial score (nSPS) is 11.2. The lowest BCUT2D eigenvalue weighted by molar-refractivity contribution is 0.416. The molecule has 0 bridgehead atoms. The van der Waals surface area contributed by atoms with E-state index in [0.29, 0.717) is 0 Å². The molecule has 96 valence electrons. The lowest BCUT2D eigenvalue weighted by Crippen LogP contribution is -2.28. The summed E-state index contributed by atoms with van der Waals surface area (Å²) in [5, 5.41) is 1.85. The fourth-order valence-electron chi connectivity index (χ4n) is 1.91. The molecule has 2 rings (SSSR count). The molecule has 0 radical (unpaired) electrons. The van der Waals surface area contributed by atoms with Crippen LogP contribution in [0.25, 0.3) is 10.9 Å². The van der Waals surface area contributed by atoms with Gasteiger partial charge in [-0.3, -0.25) is 4.98 Å². The van der Waals surface area contributed by atoms with Crippen LogP contribution < -0.4 is 4.90 Å². The number of halogens is 1. The molecule has 0 fully saturated rings. The maximum atomic E-state index is 6.07. The molecule has 0 aliphatic rings. The van der Waals surface area contributed by atoms with Gasteiger partial charge >= 0.3 is 0 Å². The van der Waals surface area contributed by atoms with Gasteiger partial charge in [-0.05, 0) is 38.4 Å². The molecule has 1 heterocycles. The van der Waals surface area contributed by atoms with Gasteiger partial charge in [-0.1, -0.05) is 11.6 Å². The number of anilines is 1. The first-order chi connectivity index (χ1) is 8.58. The Morgan fingerprint density at radius 1 is 1.11 bits per heavy atom. The predicted octanol–water partition coefficient (Wildman–Crippen LogP) is 2.89. The molecule has 4 heteroatoms. The summed E-state index contributed by atoms with van der Waals surface area (Å²) in [4.78, 5) is 8.77. The van der Waals surface area contributed by atoms with E-state index in [1.54, 1.807) is 0 Å². The van der Waals surface area contributed by atoms with Crippen molar-refractivity contribution in [3.05, 3.63) is 35.5 Å². The topological polar surface area (TPSA) is 19.4 Å². The smallest absolute Gasteiger partial charge is 0.0723 e. The van der Waals surface area contributed by atoms with Gasteiger partial charge in [0.15, 0.2) is 0 Å². The molecule has 0 spiro atoms. The molecule has 0 saturated heterocycles. The number of nitrogens with zero attached hydrogens (tertiary/aromatic N) is 3. The number of aromatic nitrogens is 1. The van der Waals surface area contributed by atoms with Crippen molar-refractivity contribution in [3.63, 3.8) is 0 Å². The van der Waals surface area contributed by atoms with Gasteiger partial charge in [-0.2, -0.15) is 0 Å². The third-order valence-corrected chi connectivity index (χ3v) is 3.21. The first-order valence-electron chi connectivity index (χ1n) is 5.98. The van der Waals surface area contributed by atoms with E-state index in [0.717, 1.165) is 29.0 Å². The summed E-state index contributed by atoms with van der Waals surface area (Å²) in [5.74, 6) is 0. The molecule has 0 aliphatic carbocycles. The molecule has 0 amide bonds. The zero-order valence-electron chi connectivity index (χ0n) is 11.0. The van der Waals surface area contributed by atoms with Gasteiger partial charge in [-0.15, -0.1) is 0 Å². The number of hydrogen-bond donors (Lipinski definition) is 0. The Labute approximate surface area is 113 Å². The molecule has 0 aliphatic heterocycles. The van der Waals surface area contributed by atoms with Gasteiger partial charge in [0.2, 0.25) is 0 Å². The van der Waals surface area contributed by atoms with Crippen molar-refractivity contribution in [1.82, 2.24) is 9.88 Å². The largest absolute Gasteiger partial charge is 0.373 e. The molecular formula is C14H18ClN3. The van der Waals surface area contributed by atoms with Crippen LogP contribution in [-0.4, -0.2) is 44.1 Å². The van der Waals surface area contributed by atoms with Crippen LogP contribution in [-0.2, 0) is 0 Å². The summed E-state index contributed by atoms with van der Waals surface area (Å²) in [6, 6.07) is 7.85. The minimum atomic E-state index is 0.748. The summed E-state index contributed by atoms with van der Waals surface area (Å²) in [7, 11) is 6.25. The second-order valence-electron chi connectivity index (χ2n) is 4.72. The third-order valence-electron chi connectivity index (χ3n) is 2.97. The van der Waals surface area contributed by atoms with E-state index in [9.17, 15) is 0 Å². The van der Waals surface area contributed by atoms with E-state index in [2.05, 4.69) is 35.9 Å². The van der Waals surface area contributed by atoms with Crippen molar-refractivity contribution in [2.45, 2.75) is 0 Å². The lowest BCUT2D eigenvalue weighted by atomic mass is 10.1. The molecule has 0 atom stereocenters. The van der Waals surface area contributed by atoms with Gasteiger partial charge in [0, 0.05) is 42.4 Å². The maximum Gasteiger partial charge on any atom is 0.0723 e. The molecule has 0 unspecified atom stereocenters. The standard InChI is InChI=1S/C14H18ClN3/c1-17(2)8-9-18(3)14-6-7-16-13-5-4-11(15)10-12(13)14/h4-7,10H,8-9H2,1-3H3. The fourth-order valence-corrected chi connectivity index (χ4v) is 2.08. The van der Waals surface area contributed by atoms with Crippen molar-refractivity contribution in [1.29, 1.82) is 0 Å². The maximum absolute atomic E-state index is 6.07. The van der Waals surface area contributed by atoms with Crippen molar-refractivity contribution in [2.75, 3.05) is 39.1 Å². The average Bonchev–Trinajstić information content (AvgIpc) is 2.35. The van der Waals surface area contributed by atoms with E-state index < -0.39 is 0 Å². The Bertz CT molecular complexity index is 540. The zero-order valence-corrected chi connectivity index (χ0v) is 11.8. The van der Waals surface area contributed by atoms with Crippen LogP contribution >= 0.6 is 11.6 Å². The molecular weight excluding hydrogens is 246 g/mol. The van der Waals surface area contributed by atoms with Crippen LogP contribution in [0, 0.1) is 0 Å². The summed E-state index contributed by atoms with van der Waals surface area (Å²) in [5.41, 5.74) is 2.15. The molecule has 2 aromatic rings. The molecule has 1 aromatic heterocycles. The Morgan fingerprint density at radius 3 is 2.61 bits per heavy atom. The van der Waals surface area contributed by atoms with Crippen molar-refractivity contribution in [3.8, 4) is 0 Å². The van der Waals surface area contributed by atoms with Crippen molar-refractivity contribution in [2.24, 2.45) is 0 Å². The Balaban J connectivity index is 2.34. The van der Waals surface area contributed by atoms with Crippen LogP contribution in [0.2, 0.25) is 5.02 Å². The lowest BCUT2D eigenvalue weighted by Gasteiger charge is -2.22. The van der Waals surface area contributed by atoms with Gasteiger partial charge in [0.25, 0.3) is 0 Å². The second-order valence-corrected chi connectivity index (χ2v) is 5.15. The fraction of sp³-hybridized carbons (Fsp3) is 0.357. The minimum Gasteiger partial charge on any atom is -0.373 e. The Hall–Kier alpha value is -1.32.